The normalized spacial score (nSPS) is 16.4. The molecule has 104 valence electrons. The molecule has 0 spiro atoms. The Hall–Kier alpha value is -2.17. The molecule has 0 radical (unpaired) electrons. The van der Waals surface area contributed by atoms with Gasteiger partial charge in [0.1, 0.15) is 11.3 Å². The van der Waals surface area contributed by atoms with Crippen LogP contribution < -0.4 is 0 Å². The quantitative estimate of drug-likeness (QED) is 0.664. The van der Waals surface area contributed by atoms with E-state index in [1.807, 2.05) is 6.07 Å². The number of fused-ring (bicyclic) bond motifs is 1. The highest BCUT2D eigenvalue weighted by atomic mass is 16.6. The first-order valence-electron chi connectivity index (χ1n) is 6.93. The van der Waals surface area contributed by atoms with Crippen LogP contribution in [0, 0.1) is 10.1 Å². The maximum Gasteiger partial charge on any atom is 0.279 e. The topological polar surface area (TPSA) is 76.3 Å². The van der Waals surface area contributed by atoms with Gasteiger partial charge in [-0.1, -0.05) is 19.3 Å². The van der Waals surface area contributed by atoms with Crippen LogP contribution in [0.25, 0.3) is 10.9 Å². The molecule has 1 aromatic heterocycles. The highest BCUT2D eigenvalue weighted by molar-refractivity contribution is 5.95. The number of phenolic OH excluding ortho intramolecular Hbond substituents is 1. The standard InChI is InChI=1S/C15H16N2O3/c18-13-7-6-12(17(19)20)14-11(8-9-16-15(13)14)10-4-2-1-3-5-10/h6-10,18H,1-5H2. The number of aromatic nitrogens is 1. The zero-order chi connectivity index (χ0) is 14.1. The highest BCUT2D eigenvalue weighted by Crippen LogP contribution is 2.40. The van der Waals surface area contributed by atoms with Crippen LogP contribution in [-0.4, -0.2) is 15.0 Å². The molecule has 0 amide bonds. The van der Waals surface area contributed by atoms with E-state index in [-0.39, 0.29) is 11.4 Å². The molecule has 0 unspecified atom stereocenters. The Kier molecular flexibility index (Phi) is 3.26. The van der Waals surface area contributed by atoms with E-state index in [0.717, 1.165) is 31.2 Å². The van der Waals surface area contributed by atoms with Gasteiger partial charge < -0.3 is 5.11 Å². The largest absolute Gasteiger partial charge is 0.506 e. The van der Waals surface area contributed by atoms with Crippen LogP contribution in [0.1, 0.15) is 43.6 Å². The van der Waals surface area contributed by atoms with Gasteiger partial charge in [0.05, 0.1) is 10.3 Å². The predicted octanol–water partition coefficient (Wildman–Crippen LogP) is 3.90. The van der Waals surface area contributed by atoms with Crippen LogP contribution in [0.15, 0.2) is 24.4 Å². The van der Waals surface area contributed by atoms with Crippen molar-refractivity contribution < 1.29 is 10.0 Å². The minimum atomic E-state index is -0.393. The Morgan fingerprint density at radius 2 is 1.95 bits per heavy atom. The number of aromatic hydroxyl groups is 1. The Bertz CT molecular complexity index is 663. The summed E-state index contributed by atoms with van der Waals surface area (Å²) in [6, 6.07) is 4.58. The summed E-state index contributed by atoms with van der Waals surface area (Å²) in [6.45, 7) is 0. The lowest BCUT2D eigenvalue weighted by molar-refractivity contribution is -0.383. The number of nitro benzene ring substituents is 1. The summed E-state index contributed by atoms with van der Waals surface area (Å²) in [5.41, 5.74) is 1.33. The summed E-state index contributed by atoms with van der Waals surface area (Å²) in [5, 5.41) is 21.7. The Labute approximate surface area is 116 Å². The Morgan fingerprint density at radius 3 is 2.65 bits per heavy atom. The molecule has 0 aliphatic heterocycles. The third-order valence-electron chi connectivity index (χ3n) is 4.12. The van der Waals surface area contributed by atoms with Gasteiger partial charge in [0, 0.05) is 12.3 Å². The van der Waals surface area contributed by atoms with Gasteiger partial charge in [0.25, 0.3) is 5.69 Å². The molecule has 1 saturated carbocycles. The van der Waals surface area contributed by atoms with Gasteiger partial charge in [0.15, 0.2) is 0 Å². The Morgan fingerprint density at radius 1 is 1.20 bits per heavy atom. The molecule has 5 heteroatoms. The molecule has 1 aliphatic carbocycles. The van der Waals surface area contributed by atoms with Gasteiger partial charge in [-0.05, 0) is 36.5 Å². The number of pyridine rings is 1. The SMILES string of the molecule is O=[N+]([O-])c1ccc(O)c2nccc(C3CCCCC3)c12. The number of nitro groups is 1. The van der Waals surface area contributed by atoms with E-state index < -0.39 is 4.92 Å². The summed E-state index contributed by atoms with van der Waals surface area (Å²) < 4.78 is 0. The van der Waals surface area contributed by atoms with E-state index in [1.165, 1.54) is 18.6 Å². The van der Waals surface area contributed by atoms with E-state index in [2.05, 4.69) is 4.98 Å². The van der Waals surface area contributed by atoms with Crippen molar-refractivity contribution in [1.29, 1.82) is 0 Å². The lowest BCUT2D eigenvalue weighted by Crippen LogP contribution is -2.06. The summed E-state index contributed by atoms with van der Waals surface area (Å²) >= 11 is 0. The first-order valence-corrected chi connectivity index (χ1v) is 6.93. The maximum atomic E-state index is 11.3. The lowest BCUT2D eigenvalue weighted by Gasteiger charge is -2.23. The summed E-state index contributed by atoms with van der Waals surface area (Å²) in [4.78, 5) is 15.0. The van der Waals surface area contributed by atoms with Crippen LogP contribution in [0.2, 0.25) is 0 Å². The van der Waals surface area contributed by atoms with Gasteiger partial charge in [0.2, 0.25) is 0 Å². The minimum absolute atomic E-state index is 0.00302. The number of rotatable bonds is 2. The van der Waals surface area contributed by atoms with Crippen LogP contribution in [0.5, 0.6) is 5.75 Å². The van der Waals surface area contributed by atoms with Crippen molar-refractivity contribution in [2.45, 2.75) is 38.0 Å². The van der Waals surface area contributed by atoms with E-state index in [4.69, 9.17) is 0 Å². The van der Waals surface area contributed by atoms with Crippen molar-refractivity contribution in [2.75, 3.05) is 0 Å². The van der Waals surface area contributed by atoms with Crippen molar-refractivity contribution in [1.82, 2.24) is 4.98 Å². The first kappa shape index (κ1) is 12.8. The first-order chi connectivity index (χ1) is 9.68. The third-order valence-corrected chi connectivity index (χ3v) is 4.12. The molecule has 0 bridgehead atoms. The van der Waals surface area contributed by atoms with Gasteiger partial charge in [-0.15, -0.1) is 0 Å². The molecule has 1 N–H and O–H groups in total. The molecular formula is C15H16N2O3. The van der Waals surface area contributed by atoms with E-state index in [0.29, 0.717) is 16.8 Å². The average Bonchev–Trinajstić information content (AvgIpc) is 2.48. The fourth-order valence-corrected chi connectivity index (χ4v) is 3.17. The van der Waals surface area contributed by atoms with Gasteiger partial charge >= 0.3 is 0 Å². The van der Waals surface area contributed by atoms with Crippen LogP contribution in [-0.2, 0) is 0 Å². The molecule has 3 rings (SSSR count). The molecule has 5 nitrogen and oxygen atoms in total. The van der Waals surface area contributed by atoms with Crippen LogP contribution >= 0.6 is 0 Å². The van der Waals surface area contributed by atoms with Crippen molar-refractivity contribution >= 4 is 16.6 Å². The number of non-ortho nitro benzene ring substituents is 1. The zero-order valence-corrected chi connectivity index (χ0v) is 11.1. The minimum Gasteiger partial charge on any atom is -0.506 e. The van der Waals surface area contributed by atoms with Crippen LogP contribution in [0.4, 0.5) is 5.69 Å². The van der Waals surface area contributed by atoms with E-state index >= 15 is 0 Å². The van der Waals surface area contributed by atoms with Gasteiger partial charge in [-0.25, -0.2) is 0 Å². The fourth-order valence-electron chi connectivity index (χ4n) is 3.17. The number of phenols is 1. The van der Waals surface area contributed by atoms with Gasteiger partial charge in [-0.2, -0.15) is 0 Å². The van der Waals surface area contributed by atoms with E-state index in [1.54, 1.807) is 6.20 Å². The predicted molar refractivity (Wildman–Crippen MR) is 75.9 cm³/mol. The highest BCUT2D eigenvalue weighted by Gasteiger charge is 2.24. The van der Waals surface area contributed by atoms with Crippen LogP contribution in [0.3, 0.4) is 0 Å². The number of benzene rings is 1. The van der Waals surface area contributed by atoms with Crippen molar-refractivity contribution in [3.8, 4) is 5.75 Å². The molecule has 2 aromatic rings. The second kappa shape index (κ2) is 5.07. The number of hydrogen-bond acceptors (Lipinski definition) is 4. The summed E-state index contributed by atoms with van der Waals surface area (Å²) in [5.74, 6) is 0.331. The summed E-state index contributed by atoms with van der Waals surface area (Å²) in [6.07, 6.45) is 7.27. The van der Waals surface area contributed by atoms with Crippen molar-refractivity contribution in [3.05, 3.63) is 40.1 Å². The molecule has 1 aliphatic rings. The molecule has 0 saturated heterocycles. The zero-order valence-electron chi connectivity index (χ0n) is 11.1. The molecule has 0 atom stereocenters. The lowest BCUT2D eigenvalue weighted by atomic mass is 9.82. The second-order valence-electron chi connectivity index (χ2n) is 5.32. The monoisotopic (exact) mass is 272 g/mol. The molecule has 1 fully saturated rings. The smallest absolute Gasteiger partial charge is 0.279 e. The molecule has 1 heterocycles. The summed E-state index contributed by atoms with van der Waals surface area (Å²) in [7, 11) is 0. The molecule has 20 heavy (non-hydrogen) atoms. The third kappa shape index (κ3) is 2.09. The van der Waals surface area contributed by atoms with E-state index in [9.17, 15) is 15.2 Å². The average molecular weight is 272 g/mol. The Balaban J connectivity index is 2.25. The van der Waals surface area contributed by atoms with Crippen molar-refractivity contribution in [2.24, 2.45) is 0 Å². The fraction of sp³-hybridized carbons (Fsp3) is 0.400. The number of nitrogens with zero attached hydrogens (tertiary/aromatic N) is 2. The maximum absolute atomic E-state index is 11.3. The molecule has 1 aromatic carbocycles. The van der Waals surface area contributed by atoms with Crippen molar-refractivity contribution in [3.63, 3.8) is 0 Å². The van der Waals surface area contributed by atoms with Gasteiger partial charge in [-0.3, -0.25) is 15.1 Å². The number of hydrogen-bond donors (Lipinski definition) is 1. The second-order valence-corrected chi connectivity index (χ2v) is 5.32. The molecular weight excluding hydrogens is 256 g/mol.